The molecule has 0 radical (unpaired) electrons. The second-order valence-electron chi connectivity index (χ2n) is 6.09. The van der Waals surface area contributed by atoms with E-state index in [1.54, 1.807) is 6.20 Å². The molecule has 2 aromatic heterocycles. The van der Waals surface area contributed by atoms with Gasteiger partial charge >= 0.3 is 0 Å². The van der Waals surface area contributed by atoms with E-state index < -0.39 is 0 Å². The Morgan fingerprint density at radius 3 is 2.36 bits per heavy atom. The Hall–Kier alpha value is -4.17. The number of anilines is 1. The highest BCUT2D eigenvalue weighted by Crippen LogP contribution is 2.33. The molecule has 2 aromatic carbocycles. The Kier molecular flexibility index (Phi) is 4.68. The zero-order valence-corrected chi connectivity index (χ0v) is 14.9. The van der Waals surface area contributed by atoms with Crippen molar-refractivity contribution in [2.24, 2.45) is 0 Å². The van der Waals surface area contributed by atoms with Gasteiger partial charge in [0.05, 0.1) is 11.4 Å². The third-order valence-corrected chi connectivity index (χ3v) is 4.21. The number of rotatable bonds is 4. The van der Waals surface area contributed by atoms with Crippen LogP contribution in [-0.2, 0) is 0 Å². The van der Waals surface area contributed by atoms with Crippen LogP contribution in [0.2, 0.25) is 0 Å². The van der Waals surface area contributed by atoms with Crippen LogP contribution in [0.5, 0.6) is 11.5 Å². The Balaban J connectivity index is 1.79. The molecule has 0 bridgehead atoms. The van der Waals surface area contributed by atoms with Gasteiger partial charge in [0.1, 0.15) is 28.9 Å². The number of benzene rings is 2. The van der Waals surface area contributed by atoms with Crippen molar-refractivity contribution in [2.75, 3.05) is 5.73 Å². The van der Waals surface area contributed by atoms with Gasteiger partial charge in [0, 0.05) is 11.8 Å². The van der Waals surface area contributed by atoms with Crippen molar-refractivity contribution in [1.82, 2.24) is 9.97 Å². The molecule has 5 heteroatoms. The minimum Gasteiger partial charge on any atom is -0.457 e. The van der Waals surface area contributed by atoms with Crippen LogP contribution in [-0.4, -0.2) is 9.97 Å². The summed E-state index contributed by atoms with van der Waals surface area (Å²) in [5.41, 5.74) is 9.22. The average molecular weight is 364 g/mol. The van der Waals surface area contributed by atoms with Gasteiger partial charge in [-0.25, -0.2) is 4.98 Å². The molecule has 0 saturated heterocycles. The molecule has 0 fully saturated rings. The minimum atomic E-state index is 0.176. The summed E-state index contributed by atoms with van der Waals surface area (Å²) in [6, 6.07) is 26.6. The zero-order valence-electron chi connectivity index (χ0n) is 14.9. The topological polar surface area (TPSA) is 84.8 Å². The van der Waals surface area contributed by atoms with Gasteiger partial charge < -0.3 is 10.5 Å². The highest BCUT2D eigenvalue weighted by molar-refractivity contribution is 5.80. The number of nitrogens with zero attached hydrogens (tertiary/aromatic N) is 3. The molecular formula is C23H16N4O. The lowest BCUT2D eigenvalue weighted by molar-refractivity contribution is 0.483. The van der Waals surface area contributed by atoms with Gasteiger partial charge in [0.25, 0.3) is 0 Å². The van der Waals surface area contributed by atoms with Crippen LogP contribution in [0.3, 0.4) is 0 Å². The number of hydrogen-bond donors (Lipinski definition) is 1. The number of nitrogens with two attached hydrogens (primary N) is 1. The van der Waals surface area contributed by atoms with Gasteiger partial charge in [-0.15, -0.1) is 0 Å². The molecular weight excluding hydrogens is 348 g/mol. The molecule has 0 atom stereocenters. The fourth-order valence-corrected chi connectivity index (χ4v) is 2.91. The molecule has 134 valence electrons. The summed E-state index contributed by atoms with van der Waals surface area (Å²) in [4.78, 5) is 8.68. The van der Waals surface area contributed by atoms with Crippen LogP contribution < -0.4 is 10.5 Å². The highest BCUT2D eigenvalue weighted by Gasteiger charge is 2.14. The Bertz CT molecular complexity index is 1150. The van der Waals surface area contributed by atoms with Crippen molar-refractivity contribution in [2.45, 2.75) is 0 Å². The summed E-state index contributed by atoms with van der Waals surface area (Å²) in [6.07, 6.45) is 1.69. The summed E-state index contributed by atoms with van der Waals surface area (Å²) >= 11 is 0. The zero-order chi connectivity index (χ0) is 19.3. The fourth-order valence-electron chi connectivity index (χ4n) is 2.91. The van der Waals surface area contributed by atoms with Crippen molar-refractivity contribution < 1.29 is 4.74 Å². The quantitative estimate of drug-likeness (QED) is 0.547. The molecule has 2 N–H and O–H groups in total. The molecule has 0 saturated carbocycles. The van der Waals surface area contributed by atoms with E-state index in [1.807, 2.05) is 78.9 Å². The Labute approximate surface area is 162 Å². The SMILES string of the molecule is N#Cc1c(-c2cccc(Oc3ccccc3)c2)cc(-c2ccccn2)nc1N. The average Bonchev–Trinajstić information content (AvgIpc) is 2.75. The third kappa shape index (κ3) is 3.53. The molecule has 4 aromatic rings. The number of para-hydroxylation sites is 1. The number of ether oxygens (including phenoxy) is 1. The Morgan fingerprint density at radius 2 is 1.61 bits per heavy atom. The number of nitrogen functional groups attached to an aromatic ring is 1. The molecule has 28 heavy (non-hydrogen) atoms. The molecule has 5 nitrogen and oxygen atoms in total. The van der Waals surface area contributed by atoms with Crippen molar-refractivity contribution in [3.05, 3.63) is 90.6 Å². The monoisotopic (exact) mass is 364 g/mol. The van der Waals surface area contributed by atoms with Crippen molar-refractivity contribution in [1.29, 1.82) is 5.26 Å². The van der Waals surface area contributed by atoms with Crippen LogP contribution in [0.15, 0.2) is 85.1 Å². The van der Waals surface area contributed by atoms with Gasteiger partial charge in [-0.05, 0) is 48.0 Å². The van der Waals surface area contributed by atoms with E-state index in [0.29, 0.717) is 28.3 Å². The van der Waals surface area contributed by atoms with Crippen LogP contribution >= 0.6 is 0 Å². The maximum Gasteiger partial charge on any atom is 0.142 e. The fraction of sp³-hybridized carbons (Fsp3) is 0. The van der Waals surface area contributed by atoms with Gasteiger partial charge in [-0.1, -0.05) is 36.4 Å². The first-order valence-electron chi connectivity index (χ1n) is 8.70. The summed E-state index contributed by atoms with van der Waals surface area (Å²) in [7, 11) is 0. The van der Waals surface area contributed by atoms with Gasteiger partial charge in [-0.2, -0.15) is 5.26 Å². The van der Waals surface area contributed by atoms with E-state index >= 15 is 0 Å². The third-order valence-electron chi connectivity index (χ3n) is 4.21. The molecule has 0 amide bonds. The van der Waals surface area contributed by atoms with Gasteiger partial charge in [0.15, 0.2) is 0 Å². The number of hydrogen-bond acceptors (Lipinski definition) is 5. The van der Waals surface area contributed by atoms with Crippen LogP contribution in [0.25, 0.3) is 22.5 Å². The van der Waals surface area contributed by atoms with E-state index in [2.05, 4.69) is 16.0 Å². The summed E-state index contributed by atoms with van der Waals surface area (Å²) in [6.45, 7) is 0. The van der Waals surface area contributed by atoms with Crippen molar-refractivity contribution in [3.8, 4) is 40.1 Å². The minimum absolute atomic E-state index is 0.176. The van der Waals surface area contributed by atoms with E-state index in [0.717, 1.165) is 11.3 Å². The molecule has 0 spiro atoms. The predicted molar refractivity (Wildman–Crippen MR) is 109 cm³/mol. The second kappa shape index (κ2) is 7.60. The summed E-state index contributed by atoms with van der Waals surface area (Å²) in [5, 5.41) is 9.61. The molecule has 0 aliphatic heterocycles. The number of nitriles is 1. The van der Waals surface area contributed by atoms with Crippen molar-refractivity contribution in [3.63, 3.8) is 0 Å². The lowest BCUT2D eigenvalue weighted by Gasteiger charge is -2.11. The highest BCUT2D eigenvalue weighted by atomic mass is 16.5. The molecule has 2 heterocycles. The first-order valence-corrected chi connectivity index (χ1v) is 8.70. The number of aromatic nitrogens is 2. The largest absolute Gasteiger partial charge is 0.457 e. The van der Waals surface area contributed by atoms with E-state index in [9.17, 15) is 5.26 Å². The smallest absolute Gasteiger partial charge is 0.142 e. The maximum atomic E-state index is 9.61. The van der Waals surface area contributed by atoms with E-state index in [-0.39, 0.29) is 5.82 Å². The van der Waals surface area contributed by atoms with Crippen LogP contribution in [0.1, 0.15) is 5.56 Å². The lowest BCUT2D eigenvalue weighted by atomic mass is 9.99. The first kappa shape index (κ1) is 17.3. The van der Waals surface area contributed by atoms with E-state index in [1.165, 1.54) is 0 Å². The van der Waals surface area contributed by atoms with Crippen molar-refractivity contribution >= 4 is 5.82 Å². The predicted octanol–water partition coefficient (Wildman–Crippen LogP) is 5.06. The maximum absolute atomic E-state index is 9.61. The standard InChI is InChI=1S/C23H16N4O/c24-15-20-19(14-22(27-23(20)25)21-11-4-5-12-26-21)16-7-6-10-18(13-16)28-17-8-2-1-3-9-17/h1-14H,(H2,25,27). The van der Waals surface area contributed by atoms with Crippen LogP contribution in [0, 0.1) is 11.3 Å². The molecule has 4 rings (SSSR count). The second-order valence-corrected chi connectivity index (χ2v) is 6.09. The summed E-state index contributed by atoms with van der Waals surface area (Å²) < 4.78 is 5.92. The van der Waals surface area contributed by atoms with Gasteiger partial charge in [-0.3, -0.25) is 4.98 Å². The van der Waals surface area contributed by atoms with Crippen LogP contribution in [0.4, 0.5) is 5.82 Å². The van der Waals surface area contributed by atoms with Gasteiger partial charge in [0.2, 0.25) is 0 Å². The summed E-state index contributed by atoms with van der Waals surface area (Å²) in [5.74, 6) is 1.58. The lowest BCUT2D eigenvalue weighted by Crippen LogP contribution is -2.00. The molecule has 0 aliphatic carbocycles. The Morgan fingerprint density at radius 1 is 0.821 bits per heavy atom. The number of pyridine rings is 2. The molecule has 0 aliphatic rings. The molecule has 0 unspecified atom stereocenters. The van der Waals surface area contributed by atoms with E-state index in [4.69, 9.17) is 10.5 Å². The normalized spacial score (nSPS) is 10.2. The first-order chi connectivity index (χ1) is 13.7.